The number of anilines is 1. The van der Waals surface area contributed by atoms with E-state index in [2.05, 4.69) is 10.3 Å². The van der Waals surface area contributed by atoms with Crippen LogP contribution in [0.15, 0.2) is 46.3 Å². The maximum Gasteiger partial charge on any atom is 0.274 e. The van der Waals surface area contributed by atoms with Crippen LogP contribution in [0.2, 0.25) is 0 Å². The number of hydrogen-bond donors (Lipinski definition) is 3. The third kappa shape index (κ3) is 3.35. The molecule has 1 spiro atoms. The predicted molar refractivity (Wildman–Crippen MR) is 122 cm³/mol. The molecule has 2 heterocycles. The minimum Gasteiger partial charge on any atom is -0.382 e. The van der Waals surface area contributed by atoms with Gasteiger partial charge in [0.15, 0.2) is 0 Å². The molecule has 2 aliphatic carbocycles. The van der Waals surface area contributed by atoms with Crippen molar-refractivity contribution in [2.75, 3.05) is 11.6 Å². The minimum atomic E-state index is -2.85. The van der Waals surface area contributed by atoms with E-state index in [-0.39, 0.29) is 5.56 Å². The lowest BCUT2D eigenvalue weighted by molar-refractivity contribution is 0.317. The monoisotopic (exact) mass is 424 g/mol. The fourth-order valence-corrected chi connectivity index (χ4v) is 5.54. The third-order valence-corrected chi connectivity index (χ3v) is 8.14. The fraction of sp³-hybridized carbons (Fsp3) is 0.435. The van der Waals surface area contributed by atoms with Crippen LogP contribution >= 0.6 is 0 Å². The van der Waals surface area contributed by atoms with Crippen LogP contribution in [0.1, 0.15) is 38.5 Å². The Morgan fingerprint density at radius 2 is 1.90 bits per heavy atom. The van der Waals surface area contributed by atoms with E-state index in [1.165, 1.54) is 31.9 Å². The highest BCUT2D eigenvalue weighted by atomic mass is 32.2. The Kier molecular flexibility index (Phi) is 4.36. The number of rotatable bonds is 4. The molecule has 158 valence electrons. The van der Waals surface area contributed by atoms with Crippen molar-refractivity contribution in [3.05, 3.63) is 47.0 Å². The van der Waals surface area contributed by atoms with Gasteiger partial charge in [-0.15, -0.1) is 0 Å². The fourth-order valence-electron chi connectivity index (χ4n) is 4.87. The van der Waals surface area contributed by atoms with E-state index in [4.69, 9.17) is 4.78 Å². The summed E-state index contributed by atoms with van der Waals surface area (Å²) in [6.07, 6.45) is 12.7. The van der Waals surface area contributed by atoms with Crippen LogP contribution in [0, 0.1) is 10.2 Å². The summed E-state index contributed by atoms with van der Waals surface area (Å²) in [6, 6.07) is 7.92. The first-order chi connectivity index (χ1) is 14.3. The molecule has 5 rings (SSSR count). The number of nitrogens with zero attached hydrogens (tertiary/aromatic N) is 1. The number of nitrogens with one attached hydrogen (secondary N) is 3. The van der Waals surface area contributed by atoms with Crippen molar-refractivity contribution in [3.8, 4) is 11.1 Å². The van der Waals surface area contributed by atoms with Crippen molar-refractivity contribution in [1.82, 2.24) is 9.55 Å². The van der Waals surface area contributed by atoms with Gasteiger partial charge in [-0.2, -0.15) is 0 Å². The molecular formula is C23H28N4O2S. The number of aromatic amines is 1. The lowest BCUT2D eigenvalue weighted by atomic mass is 9.83. The summed E-state index contributed by atoms with van der Waals surface area (Å²) in [5, 5.41) is 4.57. The summed E-state index contributed by atoms with van der Waals surface area (Å²) in [4.78, 5) is 16.1. The van der Waals surface area contributed by atoms with E-state index >= 15 is 0 Å². The van der Waals surface area contributed by atoms with Crippen molar-refractivity contribution >= 4 is 26.3 Å². The van der Waals surface area contributed by atoms with Gasteiger partial charge in [-0.3, -0.25) is 4.79 Å². The molecule has 2 fully saturated rings. The van der Waals surface area contributed by atoms with Crippen LogP contribution in [-0.2, 0) is 16.8 Å². The van der Waals surface area contributed by atoms with Gasteiger partial charge in [-0.1, -0.05) is 0 Å². The average Bonchev–Trinajstić information content (AvgIpc) is 3.27. The van der Waals surface area contributed by atoms with Crippen molar-refractivity contribution in [3.63, 3.8) is 0 Å². The van der Waals surface area contributed by atoms with Crippen LogP contribution < -0.4 is 10.9 Å². The molecule has 0 amide bonds. The lowest BCUT2D eigenvalue weighted by Crippen LogP contribution is -2.27. The van der Waals surface area contributed by atoms with Gasteiger partial charge >= 0.3 is 0 Å². The van der Waals surface area contributed by atoms with Crippen LogP contribution in [-0.4, -0.2) is 26.1 Å². The molecule has 6 nitrogen and oxygen atoms in total. The third-order valence-electron chi connectivity index (χ3n) is 6.99. The number of fused-ring (bicyclic) bond motifs is 1. The molecule has 0 saturated heterocycles. The van der Waals surface area contributed by atoms with E-state index in [1.807, 2.05) is 24.4 Å². The van der Waals surface area contributed by atoms with Crippen molar-refractivity contribution in [1.29, 1.82) is 4.78 Å². The van der Waals surface area contributed by atoms with Gasteiger partial charge in [0.05, 0.1) is 9.73 Å². The first kappa shape index (κ1) is 19.4. The van der Waals surface area contributed by atoms with Crippen LogP contribution in [0.25, 0.3) is 22.0 Å². The van der Waals surface area contributed by atoms with Crippen LogP contribution in [0.4, 0.5) is 5.69 Å². The SMILES string of the molecule is Cn1cc(-c2cc(S(C)(=N)=O)ccc2NC2CCC3(CC2)CC3)c2cc[nH]c2c1=O. The molecule has 1 unspecified atom stereocenters. The van der Waals surface area contributed by atoms with E-state index in [0.717, 1.165) is 35.0 Å². The summed E-state index contributed by atoms with van der Waals surface area (Å²) in [7, 11) is -1.11. The van der Waals surface area contributed by atoms with Crippen LogP contribution in [0.3, 0.4) is 0 Å². The summed E-state index contributed by atoms with van der Waals surface area (Å²) in [5.74, 6) is 0. The second kappa shape index (κ2) is 6.74. The molecule has 2 aromatic heterocycles. The van der Waals surface area contributed by atoms with Gasteiger partial charge in [0.1, 0.15) is 5.52 Å². The average molecular weight is 425 g/mol. The maximum absolute atomic E-state index is 12.5. The largest absolute Gasteiger partial charge is 0.382 e. The molecule has 2 saturated carbocycles. The number of benzene rings is 1. The Morgan fingerprint density at radius 3 is 2.57 bits per heavy atom. The summed E-state index contributed by atoms with van der Waals surface area (Å²) in [6.45, 7) is 0. The second-order valence-electron chi connectivity index (χ2n) is 9.19. The van der Waals surface area contributed by atoms with Gasteiger partial charge in [0.2, 0.25) is 0 Å². The Morgan fingerprint density at radius 1 is 1.17 bits per heavy atom. The van der Waals surface area contributed by atoms with E-state index in [0.29, 0.717) is 21.9 Å². The molecule has 1 aromatic carbocycles. The number of hydrogen-bond acceptors (Lipinski definition) is 4. The number of H-pyrrole nitrogens is 1. The Hall–Kier alpha value is -2.54. The van der Waals surface area contributed by atoms with Gasteiger partial charge in [-0.25, -0.2) is 8.99 Å². The van der Waals surface area contributed by atoms with Gasteiger partial charge in [-0.05, 0) is 68.2 Å². The highest BCUT2D eigenvalue weighted by molar-refractivity contribution is 7.91. The zero-order valence-corrected chi connectivity index (χ0v) is 18.3. The maximum atomic E-state index is 12.5. The summed E-state index contributed by atoms with van der Waals surface area (Å²) in [5.41, 5.74) is 3.88. The lowest BCUT2D eigenvalue weighted by Gasteiger charge is -2.30. The highest BCUT2D eigenvalue weighted by Gasteiger charge is 2.44. The molecule has 0 aliphatic heterocycles. The zero-order chi connectivity index (χ0) is 21.1. The quantitative estimate of drug-likeness (QED) is 0.567. The van der Waals surface area contributed by atoms with Gasteiger partial charge < -0.3 is 14.9 Å². The zero-order valence-electron chi connectivity index (χ0n) is 17.5. The Labute approximate surface area is 176 Å². The van der Waals surface area contributed by atoms with E-state index < -0.39 is 9.73 Å². The minimum absolute atomic E-state index is 0.0776. The molecule has 3 aromatic rings. The molecule has 3 N–H and O–H groups in total. The van der Waals surface area contributed by atoms with E-state index in [1.54, 1.807) is 23.9 Å². The molecule has 2 aliphatic rings. The van der Waals surface area contributed by atoms with Crippen molar-refractivity contribution < 1.29 is 4.21 Å². The normalized spacial score (nSPS) is 20.3. The smallest absolute Gasteiger partial charge is 0.274 e. The standard InChI is InChI=1S/C23H28N4O2S/c1-27-14-19(17-7-12-25-21(17)22(27)28)18-13-16(30(2,24)29)3-4-20(18)26-15-5-8-23(9-6-15)10-11-23/h3-4,7,12-15,24-26H,5-6,8-11H2,1-2H3. The van der Waals surface area contributed by atoms with Gasteiger partial charge in [0.25, 0.3) is 5.56 Å². The Bertz CT molecular complexity index is 1290. The second-order valence-corrected chi connectivity index (χ2v) is 11.4. The van der Waals surface area contributed by atoms with Crippen molar-refractivity contribution in [2.45, 2.75) is 49.5 Å². The first-order valence-corrected chi connectivity index (χ1v) is 12.5. The number of aromatic nitrogens is 2. The van der Waals surface area contributed by atoms with Gasteiger partial charge in [0, 0.05) is 58.8 Å². The molecule has 0 bridgehead atoms. The molecule has 30 heavy (non-hydrogen) atoms. The topological polar surface area (TPSA) is 90.7 Å². The molecule has 1 atom stereocenters. The predicted octanol–water partition coefficient (Wildman–Crippen LogP) is 4.70. The van der Waals surface area contributed by atoms with E-state index in [9.17, 15) is 9.00 Å². The number of pyridine rings is 1. The number of aryl methyl sites for hydroxylation is 1. The Balaban J connectivity index is 1.61. The summed E-state index contributed by atoms with van der Waals surface area (Å²) < 4.78 is 22.1. The molecule has 0 radical (unpaired) electrons. The van der Waals surface area contributed by atoms with Crippen LogP contribution in [0.5, 0.6) is 0 Å². The molecule has 7 heteroatoms. The summed E-state index contributed by atoms with van der Waals surface area (Å²) >= 11 is 0. The van der Waals surface area contributed by atoms with Crippen molar-refractivity contribution in [2.24, 2.45) is 12.5 Å². The molecular weight excluding hydrogens is 396 g/mol. The first-order valence-electron chi connectivity index (χ1n) is 10.6. The highest BCUT2D eigenvalue weighted by Crippen LogP contribution is 2.56.